The van der Waals surface area contributed by atoms with E-state index in [-0.39, 0.29) is 12.8 Å². The average molecular weight is 322 g/mol. The molecule has 126 valence electrons. The molecule has 7 nitrogen and oxygen atoms in total. The zero-order valence-corrected chi connectivity index (χ0v) is 13.8. The minimum Gasteiger partial charge on any atom is -0.469 e. The van der Waals surface area contributed by atoms with E-state index in [9.17, 15) is 14.4 Å². The number of anilines is 1. The molecule has 0 aliphatic carbocycles. The van der Waals surface area contributed by atoms with Gasteiger partial charge in [0.1, 0.15) is 6.04 Å². The molecule has 0 spiro atoms. The molecule has 0 heterocycles. The minimum atomic E-state index is -0.926. The number of carbonyl (C=O) groups excluding carboxylic acids is 3. The highest BCUT2D eigenvalue weighted by Crippen LogP contribution is 2.18. The Morgan fingerprint density at radius 3 is 2.17 bits per heavy atom. The summed E-state index contributed by atoms with van der Waals surface area (Å²) in [6.07, 6.45) is 0.0916. The lowest BCUT2D eigenvalue weighted by Gasteiger charge is -2.17. The van der Waals surface area contributed by atoms with Crippen molar-refractivity contribution in [3.63, 3.8) is 0 Å². The maximum absolute atomic E-state index is 12.3. The van der Waals surface area contributed by atoms with Crippen LogP contribution in [0.5, 0.6) is 0 Å². The summed E-state index contributed by atoms with van der Waals surface area (Å²) in [5, 5.41) is 2.58. The normalized spacial score (nSPS) is 11.5. The van der Waals surface area contributed by atoms with Crippen molar-refractivity contribution in [2.75, 3.05) is 20.0 Å². The van der Waals surface area contributed by atoms with Gasteiger partial charge in [0.2, 0.25) is 0 Å². The van der Waals surface area contributed by atoms with Gasteiger partial charge in [-0.15, -0.1) is 0 Å². The van der Waals surface area contributed by atoms with E-state index in [1.807, 2.05) is 0 Å². The second-order valence-electron chi connectivity index (χ2n) is 5.19. The first-order valence-corrected chi connectivity index (χ1v) is 7.12. The van der Waals surface area contributed by atoms with Crippen molar-refractivity contribution in [2.45, 2.75) is 32.7 Å². The number of hydrogen-bond donors (Lipinski definition) is 2. The van der Waals surface area contributed by atoms with E-state index in [4.69, 9.17) is 5.73 Å². The highest BCUT2D eigenvalue weighted by atomic mass is 16.5. The predicted octanol–water partition coefficient (Wildman–Crippen LogP) is 1.11. The Labute approximate surface area is 135 Å². The highest BCUT2D eigenvalue weighted by Gasteiger charge is 2.23. The molecule has 1 aromatic rings. The molecule has 0 bridgehead atoms. The Kier molecular flexibility index (Phi) is 6.56. The van der Waals surface area contributed by atoms with Crippen LogP contribution in [0.1, 0.15) is 34.3 Å². The van der Waals surface area contributed by atoms with Gasteiger partial charge in [0, 0.05) is 17.7 Å². The van der Waals surface area contributed by atoms with Gasteiger partial charge < -0.3 is 20.5 Å². The van der Waals surface area contributed by atoms with Crippen molar-refractivity contribution in [2.24, 2.45) is 0 Å². The lowest BCUT2D eigenvalue weighted by Crippen LogP contribution is -2.42. The standard InChI is InChI=1S/C16H22N2O5/c1-9-7-11(8-10(2)14(9)17)15(20)18-12(16(21)23-4)5-6-13(19)22-3/h7-8,12H,5-6,17H2,1-4H3,(H,18,20)/t12-/m1/s1. The number of nitrogens with two attached hydrogens (primary N) is 1. The first-order chi connectivity index (χ1) is 10.8. The number of nitrogen functional groups attached to an aromatic ring is 1. The van der Waals surface area contributed by atoms with E-state index in [0.717, 1.165) is 11.1 Å². The molecule has 0 saturated carbocycles. The maximum atomic E-state index is 12.3. The number of methoxy groups -OCH3 is 2. The Bertz CT molecular complexity index is 589. The molecule has 0 unspecified atom stereocenters. The summed E-state index contributed by atoms with van der Waals surface area (Å²) in [6.45, 7) is 3.60. The van der Waals surface area contributed by atoms with Gasteiger partial charge in [-0.1, -0.05) is 0 Å². The quantitative estimate of drug-likeness (QED) is 0.600. The fourth-order valence-corrected chi connectivity index (χ4v) is 2.10. The molecule has 7 heteroatoms. The monoisotopic (exact) mass is 322 g/mol. The third kappa shape index (κ3) is 4.98. The number of aryl methyl sites for hydroxylation is 2. The van der Waals surface area contributed by atoms with Crippen molar-refractivity contribution in [1.29, 1.82) is 0 Å². The molecule has 1 amide bonds. The molecule has 1 aromatic carbocycles. The lowest BCUT2D eigenvalue weighted by atomic mass is 10.0. The first-order valence-electron chi connectivity index (χ1n) is 7.12. The molecule has 0 aliphatic rings. The number of hydrogen-bond acceptors (Lipinski definition) is 6. The van der Waals surface area contributed by atoms with E-state index in [2.05, 4.69) is 14.8 Å². The molecule has 0 aliphatic heterocycles. The number of esters is 2. The second-order valence-corrected chi connectivity index (χ2v) is 5.19. The summed E-state index contributed by atoms with van der Waals surface area (Å²) >= 11 is 0. The predicted molar refractivity (Wildman–Crippen MR) is 84.8 cm³/mol. The van der Waals surface area contributed by atoms with Crippen molar-refractivity contribution in [3.8, 4) is 0 Å². The van der Waals surface area contributed by atoms with E-state index in [1.165, 1.54) is 14.2 Å². The van der Waals surface area contributed by atoms with E-state index < -0.39 is 23.9 Å². The Hall–Kier alpha value is -2.57. The molecule has 1 atom stereocenters. The van der Waals surface area contributed by atoms with Gasteiger partial charge in [-0.25, -0.2) is 4.79 Å². The summed E-state index contributed by atoms with van der Waals surface area (Å²) in [4.78, 5) is 35.3. The number of benzene rings is 1. The van der Waals surface area contributed by atoms with Gasteiger partial charge in [-0.05, 0) is 43.5 Å². The summed E-state index contributed by atoms with van der Waals surface area (Å²) in [7, 11) is 2.48. The number of amides is 1. The summed E-state index contributed by atoms with van der Waals surface area (Å²) in [6, 6.07) is 2.36. The zero-order valence-electron chi connectivity index (χ0n) is 13.8. The van der Waals surface area contributed by atoms with E-state index >= 15 is 0 Å². The van der Waals surface area contributed by atoms with Crippen molar-refractivity contribution < 1.29 is 23.9 Å². The van der Waals surface area contributed by atoms with Crippen LogP contribution >= 0.6 is 0 Å². The summed E-state index contributed by atoms with van der Waals surface area (Å²) in [5.74, 6) is -1.52. The molecule has 0 aromatic heterocycles. The second kappa shape index (κ2) is 8.17. The summed E-state index contributed by atoms with van der Waals surface area (Å²) < 4.78 is 9.19. The fraction of sp³-hybridized carbons (Fsp3) is 0.438. The van der Waals surface area contributed by atoms with Gasteiger partial charge in [-0.2, -0.15) is 0 Å². The lowest BCUT2D eigenvalue weighted by molar-refractivity contribution is -0.144. The van der Waals surface area contributed by atoms with Crippen LogP contribution in [0.15, 0.2) is 12.1 Å². The Morgan fingerprint density at radius 2 is 1.70 bits per heavy atom. The number of carbonyl (C=O) groups is 3. The van der Waals surface area contributed by atoms with Crippen LogP contribution in [0.25, 0.3) is 0 Å². The third-order valence-corrected chi connectivity index (χ3v) is 3.51. The molecule has 0 saturated heterocycles. The average Bonchev–Trinajstić information content (AvgIpc) is 2.54. The van der Waals surface area contributed by atoms with Crippen LogP contribution in [0, 0.1) is 13.8 Å². The largest absolute Gasteiger partial charge is 0.469 e. The van der Waals surface area contributed by atoms with Crippen molar-refractivity contribution >= 4 is 23.5 Å². The van der Waals surface area contributed by atoms with Gasteiger partial charge in [0.25, 0.3) is 5.91 Å². The highest BCUT2D eigenvalue weighted by molar-refractivity contribution is 5.97. The number of nitrogens with one attached hydrogen (secondary N) is 1. The van der Waals surface area contributed by atoms with Crippen molar-refractivity contribution in [1.82, 2.24) is 5.32 Å². The molecule has 3 N–H and O–H groups in total. The van der Waals surface area contributed by atoms with E-state index in [1.54, 1.807) is 26.0 Å². The van der Waals surface area contributed by atoms with Crippen LogP contribution in [0.4, 0.5) is 5.69 Å². The van der Waals surface area contributed by atoms with Crippen LogP contribution < -0.4 is 11.1 Å². The molecule has 0 radical (unpaired) electrons. The van der Waals surface area contributed by atoms with Gasteiger partial charge >= 0.3 is 11.9 Å². The van der Waals surface area contributed by atoms with E-state index in [0.29, 0.717) is 11.3 Å². The van der Waals surface area contributed by atoms with Gasteiger partial charge in [0.05, 0.1) is 14.2 Å². The molecular formula is C16H22N2O5. The van der Waals surface area contributed by atoms with Crippen LogP contribution in [-0.2, 0) is 19.1 Å². The molecule has 1 rings (SSSR count). The maximum Gasteiger partial charge on any atom is 0.328 e. The van der Waals surface area contributed by atoms with Crippen LogP contribution in [0.3, 0.4) is 0 Å². The van der Waals surface area contributed by atoms with Crippen molar-refractivity contribution in [3.05, 3.63) is 28.8 Å². The topological polar surface area (TPSA) is 108 Å². The Morgan fingerprint density at radius 1 is 1.13 bits per heavy atom. The molecule has 0 fully saturated rings. The zero-order chi connectivity index (χ0) is 17.6. The first kappa shape index (κ1) is 18.5. The smallest absolute Gasteiger partial charge is 0.328 e. The Balaban J connectivity index is 2.88. The SMILES string of the molecule is COC(=O)CC[C@@H](NC(=O)c1cc(C)c(N)c(C)c1)C(=O)OC. The third-order valence-electron chi connectivity index (χ3n) is 3.51. The molecular weight excluding hydrogens is 300 g/mol. The number of ether oxygens (including phenoxy) is 2. The van der Waals surface area contributed by atoms with Crippen LogP contribution in [0.2, 0.25) is 0 Å². The van der Waals surface area contributed by atoms with Gasteiger partial charge in [0.15, 0.2) is 0 Å². The number of rotatable bonds is 6. The van der Waals surface area contributed by atoms with Crippen LogP contribution in [-0.4, -0.2) is 38.1 Å². The molecule has 23 heavy (non-hydrogen) atoms. The fourth-order valence-electron chi connectivity index (χ4n) is 2.10. The minimum absolute atomic E-state index is 0.00363. The summed E-state index contributed by atoms with van der Waals surface area (Å²) in [5.41, 5.74) is 8.43. The van der Waals surface area contributed by atoms with Gasteiger partial charge in [-0.3, -0.25) is 9.59 Å².